The summed E-state index contributed by atoms with van der Waals surface area (Å²) in [6.07, 6.45) is 0.275. The lowest BCUT2D eigenvalue weighted by molar-refractivity contribution is -0.128. The highest BCUT2D eigenvalue weighted by Gasteiger charge is 2.15. The van der Waals surface area contributed by atoms with E-state index in [1.807, 2.05) is 68.4 Å². The Morgan fingerprint density at radius 1 is 0.643 bits per heavy atom. The maximum Gasteiger partial charge on any atom is 0.335 e. The highest BCUT2D eigenvalue weighted by molar-refractivity contribution is 5.83. The van der Waals surface area contributed by atoms with Crippen LogP contribution in [0.1, 0.15) is 13.8 Å². The van der Waals surface area contributed by atoms with Gasteiger partial charge in [0.15, 0.2) is 6.29 Å². The number of carbonyl (C=O) groups is 1. The van der Waals surface area contributed by atoms with Crippen molar-refractivity contribution in [2.45, 2.75) is 20.1 Å². The minimum atomic E-state index is -0.867. The maximum atomic E-state index is 11.5. The van der Waals surface area contributed by atoms with Gasteiger partial charge in [0, 0.05) is 29.1 Å². The maximum absolute atomic E-state index is 11.5. The molecule has 0 aliphatic heterocycles. The Bertz CT molecular complexity index is 1610. The zero-order valence-electron chi connectivity index (χ0n) is 23.7. The lowest BCUT2D eigenvalue weighted by Gasteiger charge is -2.26. The van der Waals surface area contributed by atoms with E-state index in [-0.39, 0.29) is 5.92 Å². The van der Waals surface area contributed by atoms with Crippen LogP contribution in [0.3, 0.4) is 0 Å². The molecule has 0 aliphatic carbocycles. The van der Waals surface area contributed by atoms with E-state index in [0.29, 0.717) is 11.5 Å². The molecule has 0 bridgehead atoms. The highest BCUT2D eigenvalue weighted by Crippen LogP contribution is 2.37. The SMILES string of the molecule is C=CC(=O)Oc1ccc(-c2ccc(N(c3ccc(O[C@@H](O)C(C)C)cc3)c3ccc(-c4ccccc4)cc3)cc2)cc1. The molecule has 1 atom stereocenters. The van der Waals surface area contributed by atoms with Gasteiger partial charge in [0.25, 0.3) is 0 Å². The molecule has 5 rings (SSSR count). The third-order valence-electron chi connectivity index (χ3n) is 6.85. The van der Waals surface area contributed by atoms with Crippen LogP contribution in [0.2, 0.25) is 0 Å². The third-order valence-corrected chi connectivity index (χ3v) is 6.85. The predicted molar refractivity (Wildman–Crippen MR) is 169 cm³/mol. The van der Waals surface area contributed by atoms with Crippen molar-refractivity contribution in [2.75, 3.05) is 4.90 Å². The first kappa shape index (κ1) is 28.4. The van der Waals surface area contributed by atoms with Gasteiger partial charge in [0.1, 0.15) is 11.5 Å². The summed E-state index contributed by atoms with van der Waals surface area (Å²) in [7, 11) is 0. The number of rotatable bonds is 10. The number of aliphatic hydroxyl groups excluding tert-OH is 1. The first-order chi connectivity index (χ1) is 20.4. The second-order valence-electron chi connectivity index (χ2n) is 10.2. The minimum absolute atomic E-state index is 0.0128. The summed E-state index contributed by atoms with van der Waals surface area (Å²) in [6, 6.07) is 42.2. The molecule has 0 saturated carbocycles. The van der Waals surface area contributed by atoms with E-state index in [4.69, 9.17) is 9.47 Å². The number of aliphatic hydroxyl groups is 1. The van der Waals surface area contributed by atoms with E-state index in [1.54, 1.807) is 12.1 Å². The van der Waals surface area contributed by atoms with Gasteiger partial charge in [0.05, 0.1) is 0 Å². The molecule has 5 aromatic carbocycles. The molecule has 0 aromatic heterocycles. The van der Waals surface area contributed by atoms with Crippen molar-refractivity contribution in [3.05, 3.63) is 140 Å². The Hall–Kier alpha value is -5.13. The Kier molecular flexibility index (Phi) is 8.81. The normalized spacial score (nSPS) is 11.5. The fourth-order valence-electron chi connectivity index (χ4n) is 4.51. The average Bonchev–Trinajstić information content (AvgIpc) is 3.03. The number of anilines is 3. The summed E-state index contributed by atoms with van der Waals surface area (Å²) in [5.74, 6) is 0.580. The Morgan fingerprint density at radius 2 is 1.05 bits per heavy atom. The van der Waals surface area contributed by atoms with Crippen LogP contribution < -0.4 is 14.4 Å². The summed E-state index contributed by atoms with van der Waals surface area (Å²) >= 11 is 0. The van der Waals surface area contributed by atoms with Crippen molar-refractivity contribution >= 4 is 23.0 Å². The van der Waals surface area contributed by atoms with Crippen LogP contribution >= 0.6 is 0 Å². The number of benzene rings is 5. The predicted octanol–water partition coefficient (Wildman–Crippen LogP) is 8.94. The van der Waals surface area contributed by atoms with E-state index in [9.17, 15) is 9.90 Å². The number of esters is 1. The lowest BCUT2D eigenvalue weighted by Crippen LogP contribution is -2.22. The molecule has 5 nitrogen and oxygen atoms in total. The molecule has 0 spiro atoms. The first-order valence-electron chi connectivity index (χ1n) is 13.9. The number of carbonyl (C=O) groups excluding carboxylic acids is 1. The molecule has 210 valence electrons. The minimum Gasteiger partial charge on any atom is -0.465 e. The summed E-state index contributed by atoms with van der Waals surface area (Å²) < 4.78 is 10.9. The van der Waals surface area contributed by atoms with Crippen molar-refractivity contribution in [1.82, 2.24) is 0 Å². The van der Waals surface area contributed by atoms with Crippen LogP contribution in [0.25, 0.3) is 22.3 Å². The van der Waals surface area contributed by atoms with E-state index >= 15 is 0 Å². The second-order valence-corrected chi connectivity index (χ2v) is 10.2. The van der Waals surface area contributed by atoms with Gasteiger partial charge in [-0.05, 0) is 82.9 Å². The molecule has 0 fully saturated rings. The van der Waals surface area contributed by atoms with Gasteiger partial charge in [-0.3, -0.25) is 0 Å². The Balaban J connectivity index is 1.45. The molecule has 0 aliphatic rings. The van der Waals surface area contributed by atoms with E-state index in [0.717, 1.165) is 45.4 Å². The van der Waals surface area contributed by atoms with Crippen LogP contribution in [0, 0.1) is 5.92 Å². The summed E-state index contributed by atoms with van der Waals surface area (Å²) in [4.78, 5) is 13.7. The number of hydrogen-bond donors (Lipinski definition) is 1. The van der Waals surface area contributed by atoms with Gasteiger partial charge in [-0.1, -0.05) is 87.2 Å². The molecule has 5 heteroatoms. The van der Waals surface area contributed by atoms with Gasteiger partial charge in [-0.15, -0.1) is 0 Å². The summed E-state index contributed by atoms with van der Waals surface area (Å²) in [5.41, 5.74) is 7.29. The van der Waals surface area contributed by atoms with Crippen molar-refractivity contribution in [3.63, 3.8) is 0 Å². The Labute approximate surface area is 246 Å². The number of nitrogens with zero attached hydrogens (tertiary/aromatic N) is 1. The van der Waals surface area contributed by atoms with Gasteiger partial charge in [-0.2, -0.15) is 0 Å². The van der Waals surface area contributed by atoms with Crippen LogP contribution in [-0.2, 0) is 4.79 Å². The van der Waals surface area contributed by atoms with Crippen LogP contribution in [-0.4, -0.2) is 17.4 Å². The average molecular weight is 556 g/mol. The Morgan fingerprint density at radius 3 is 1.50 bits per heavy atom. The molecule has 0 unspecified atom stereocenters. The fourth-order valence-corrected chi connectivity index (χ4v) is 4.51. The summed E-state index contributed by atoms with van der Waals surface area (Å²) in [5, 5.41) is 10.2. The molecule has 0 heterocycles. The molecule has 42 heavy (non-hydrogen) atoms. The van der Waals surface area contributed by atoms with E-state index in [2.05, 4.69) is 72.1 Å². The lowest BCUT2D eigenvalue weighted by atomic mass is 10.0. The third kappa shape index (κ3) is 6.77. The monoisotopic (exact) mass is 555 g/mol. The fraction of sp³-hybridized carbons (Fsp3) is 0.108. The van der Waals surface area contributed by atoms with Crippen LogP contribution in [0.4, 0.5) is 17.1 Å². The molecule has 5 aromatic rings. The van der Waals surface area contributed by atoms with Crippen LogP contribution in [0.5, 0.6) is 11.5 Å². The number of hydrogen-bond acceptors (Lipinski definition) is 5. The number of ether oxygens (including phenoxy) is 2. The largest absolute Gasteiger partial charge is 0.465 e. The molecular weight excluding hydrogens is 522 g/mol. The standard InChI is InChI=1S/C37H33NO4/c1-4-36(39)41-34-22-14-30(15-23-34)29-12-18-32(19-13-29)38(33-20-24-35(25-21-33)42-37(40)26(2)3)31-16-10-28(11-17-31)27-8-6-5-7-9-27/h4-26,37,40H,1H2,2-3H3/t37-/m1/s1. The quantitative estimate of drug-likeness (QED) is 0.0807. The van der Waals surface area contributed by atoms with Crippen LogP contribution in [0.15, 0.2) is 140 Å². The first-order valence-corrected chi connectivity index (χ1v) is 13.9. The van der Waals surface area contributed by atoms with E-state index in [1.165, 1.54) is 0 Å². The van der Waals surface area contributed by atoms with Gasteiger partial charge in [-0.25, -0.2) is 4.79 Å². The summed E-state index contributed by atoms with van der Waals surface area (Å²) in [6.45, 7) is 7.26. The molecule has 0 radical (unpaired) electrons. The van der Waals surface area contributed by atoms with E-state index < -0.39 is 12.3 Å². The van der Waals surface area contributed by atoms with Crippen molar-refractivity contribution < 1.29 is 19.4 Å². The van der Waals surface area contributed by atoms with Crippen molar-refractivity contribution in [1.29, 1.82) is 0 Å². The molecular formula is C37H33NO4. The van der Waals surface area contributed by atoms with Gasteiger partial charge >= 0.3 is 5.97 Å². The second kappa shape index (κ2) is 13.0. The van der Waals surface area contributed by atoms with Crippen molar-refractivity contribution in [2.24, 2.45) is 5.92 Å². The zero-order valence-corrected chi connectivity index (χ0v) is 23.7. The van der Waals surface area contributed by atoms with Gasteiger partial charge < -0.3 is 19.5 Å². The van der Waals surface area contributed by atoms with Crippen molar-refractivity contribution in [3.8, 4) is 33.8 Å². The smallest absolute Gasteiger partial charge is 0.335 e. The molecule has 0 amide bonds. The molecule has 0 saturated heterocycles. The van der Waals surface area contributed by atoms with Gasteiger partial charge in [0.2, 0.25) is 0 Å². The highest BCUT2D eigenvalue weighted by atomic mass is 16.6. The zero-order chi connectivity index (χ0) is 29.5. The topological polar surface area (TPSA) is 59.0 Å². The molecule has 1 N–H and O–H groups in total.